The molecule has 31 heavy (non-hydrogen) atoms. The predicted molar refractivity (Wildman–Crippen MR) is 126 cm³/mol. The zero-order valence-electron chi connectivity index (χ0n) is 17.8. The fourth-order valence-corrected chi connectivity index (χ4v) is 3.38. The summed E-state index contributed by atoms with van der Waals surface area (Å²) in [6, 6.07) is 21.7. The van der Waals surface area contributed by atoms with E-state index in [-0.39, 0.29) is 5.91 Å². The van der Waals surface area contributed by atoms with Crippen LogP contribution in [0.4, 0.5) is 5.69 Å². The number of ether oxygens (including phenoxy) is 1. The first-order valence-corrected chi connectivity index (χ1v) is 10.3. The summed E-state index contributed by atoms with van der Waals surface area (Å²) in [4.78, 5) is 20.5. The number of amides is 1. The summed E-state index contributed by atoms with van der Waals surface area (Å²) in [7, 11) is 1.58. The van der Waals surface area contributed by atoms with Crippen molar-refractivity contribution in [3.05, 3.63) is 83.9 Å². The number of imidazole rings is 1. The van der Waals surface area contributed by atoms with Gasteiger partial charge in [-0.2, -0.15) is 0 Å². The Balaban J connectivity index is 1.54. The van der Waals surface area contributed by atoms with E-state index in [2.05, 4.69) is 41.3 Å². The van der Waals surface area contributed by atoms with Crippen LogP contribution in [0.25, 0.3) is 28.5 Å². The quantitative estimate of drug-likeness (QED) is 0.382. The third-order valence-electron chi connectivity index (χ3n) is 5.15. The molecule has 0 atom stereocenters. The maximum Gasteiger partial charge on any atom is 0.248 e. The van der Waals surface area contributed by atoms with E-state index in [1.807, 2.05) is 54.6 Å². The van der Waals surface area contributed by atoms with Crippen LogP contribution in [0.2, 0.25) is 0 Å². The fraction of sp³-hybridized carbons (Fsp3) is 0.154. The Morgan fingerprint density at radius 3 is 2.55 bits per heavy atom. The van der Waals surface area contributed by atoms with Crippen LogP contribution < -0.4 is 10.1 Å². The molecule has 2 N–H and O–H groups in total. The number of aromatic amines is 1. The van der Waals surface area contributed by atoms with Gasteiger partial charge in [-0.15, -0.1) is 0 Å². The first-order valence-electron chi connectivity index (χ1n) is 10.3. The molecule has 0 saturated carbocycles. The summed E-state index contributed by atoms with van der Waals surface area (Å²) < 4.78 is 5.42. The fourth-order valence-electron chi connectivity index (χ4n) is 3.38. The van der Waals surface area contributed by atoms with Gasteiger partial charge in [0.2, 0.25) is 5.91 Å². The van der Waals surface area contributed by atoms with Gasteiger partial charge in [-0.25, -0.2) is 4.98 Å². The molecule has 1 amide bonds. The average Bonchev–Trinajstić information content (AvgIpc) is 3.22. The summed E-state index contributed by atoms with van der Waals surface area (Å²) >= 11 is 0. The van der Waals surface area contributed by atoms with Crippen LogP contribution in [0.5, 0.6) is 5.75 Å². The molecule has 0 radical (unpaired) electrons. The van der Waals surface area contributed by atoms with Gasteiger partial charge in [-0.05, 0) is 53.5 Å². The lowest BCUT2D eigenvalue weighted by molar-refractivity contribution is -0.111. The molecule has 3 aromatic carbocycles. The summed E-state index contributed by atoms with van der Waals surface area (Å²) in [6.45, 7) is 4.32. The zero-order valence-corrected chi connectivity index (χ0v) is 17.8. The van der Waals surface area contributed by atoms with E-state index in [4.69, 9.17) is 4.74 Å². The average molecular weight is 412 g/mol. The number of H-pyrrole nitrogens is 1. The van der Waals surface area contributed by atoms with Gasteiger partial charge in [-0.3, -0.25) is 4.79 Å². The third-order valence-corrected chi connectivity index (χ3v) is 5.15. The lowest BCUT2D eigenvalue weighted by atomic mass is 10.0. The van der Waals surface area contributed by atoms with Crippen LogP contribution in [0.15, 0.2) is 72.8 Å². The zero-order chi connectivity index (χ0) is 21.8. The Morgan fingerprint density at radius 1 is 1.06 bits per heavy atom. The summed E-state index contributed by atoms with van der Waals surface area (Å²) in [6.07, 6.45) is 3.33. The van der Waals surface area contributed by atoms with Gasteiger partial charge in [0, 0.05) is 11.6 Å². The highest BCUT2D eigenvalue weighted by Gasteiger charge is 2.11. The predicted octanol–water partition coefficient (Wildman–Crippen LogP) is 6.01. The smallest absolute Gasteiger partial charge is 0.248 e. The number of hydrogen-bond acceptors (Lipinski definition) is 3. The maximum atomic E-state index is 12.5. The minimum atomic E-state index is -0.229. The number of para-hydroxylation sites is 2. The van der Waals surface area contributed by atoms with E-state index in [9.17, 15) is 4.79 Å². The van der Waals surface area contributed by atoms with Crippen molar-refractivity contribution < 1.29 is 9.53 Å². The molecule has 5 nitrogen and oxygen atoms in total. The van der Waals surface area contributed by atoms with Crippen LogP contribution in [0.3, 0.4) is 0 Å². The van der Waals surface area contributed by atoms with Crippen molar-refractivity contribution in [3.8, 4) is 17.1 Å². The number of benzene rings is 3. The van der Waals surface area contributed by atoms with Crippen molar-refractivity contribution in [2.45, 2.75) is 19.8 Å². The van der Waals surface area contributed by atoms with Crippen LogP contribution in [0, 0.1) is 0 Å². The first kappa shape index (κ1) is 20.4. The second-order valence-electron chi connectivity index (χ2n) is 7.66. The SMILES string of the molecule is COc1ccc(-c2nc3ccccc3[nH]2)cc1NC(=O)/C=C/c1ccc(C(C)C)cc1. The second-order valence-corrected chi connectivity index (χ2v) is 7.66. The summed E-state index contributed by atoms with van der Waals surface area (Å²) in [5.74, 6) is 1.57. The number of nitrogens with zero attached hydrogens (tertiary/aromatic N) is 1. The van der Waals surface area contributed by atoms with Crippen LogP contribution in [-0.2, 0) is 4.79 Å². The number of rotatable bonds is 6. The van der Waals surface area contributed by atoms with E-state index >= 15 is 0 Å². The van der Waals surface area contributed by atoms with Crippen LogP contribution >= 0.6 is 0 Å². The third kappa shape index (κ3) is 4.67. The van der Waals surface area contributed by atoms with E-state index in [0.717, 1.165) is 28.0 Å². The Kier molecular flexibility index (Phi) is 5.85. The molecular formula is C26H25N3O2. The molecule has 0 aliphatic rings. The maximum absolute atomic E-state index is 12.5. The summed E-state index contributed by atoms with van der Waals surface area (Å²) in [5, 5.41) is 2.91. The van der Waals surface area contributed by atoms with Crippen molar-refractivity contribution >= 4 is 28.7 Å². The number of carbonyl (C=O) groups excluding carboxylic acids is 1. The number of aromatic nitrogens is 2. The molecule has 4 aromatic rings. The molecule has 0 spiro atoms. The Bertz CT molecular complexity index is 1200. The standard InChI is InChI=1S/C26H25N3O2/c1-17(2)19-11-8-18(9-12-19)10-15-25(30)27-23-16-20(13-14-24(23)31-3)26-28-21-6-4-5-7-22(21)29-26/h4-17H,1-3H3,(H,27,30)(H,28,29)/b15-10+. The number of fused-ring (bicyclic) bond motifs is 1. The van der Waals surface area contributed by atoms with E-state index < -0.39 is 0 Å². The van der Waals surface area contributed by atoms with Crippen LogP contribution in [0.1, 0.15) is 30.9 Å². The largest absolute Gasteiger partial charge is 0.495 e. The number of anilines is 1. The van der Waals surface area contributed by atoms with Gasteiger partial charge in [0.1, 0.15) is 11.6 Å². The second kappa shape index (κ2) is 8.88. The minimum absolute atomic E-state index is 0.229. The lowest BCUT2D eigenvalue weighted by Crippen LogP contribution is -2.09. The van der Waals surface area contributed by atoms with Gasteiger partial charge < -0.3 is 15.0 Å². The normalized spacial score (nSPS) is 11.4. The van der Waals surface area contributed by atoms with Crippen LogP contribution in [-0.4, -0.2) is 23.0 Å². The topological polar surface area (TPSA) is 67.0 Å². The monoisotopic (exact) mass is 411 g/mol. The van der Waals surface area contributed by atoms with Crippen molar-refractivity contribution in [1.82, 2.24) is 9.97 Å². The highest BCUT2D eigenvalue weighted by molar-refractivity contribution is 6.03. The van der Waals surface area contributed by atoms with E-state index in [0.29, 0.717) is 17.4 Å². The number of carbonyl (C=O) groups is 1. The van der Waals surface area contributed by atoms with Crippen molar-refractivity contribution in [2.75, 3.05) is 12.4 Å². The molecule has 1 aromatic heterocycles. The molecule has 0 fully saturated rings. The van der Waals surface area contributed by atoms with E-state index in [1.165, 1.54) is 11.6 Å². The lowest BCUT2D eigenvalue weighted by Gasteiger charge is -2.10. The van der Waals surface area contributed by atoms with Gasteiger partial charge >= 0.3 is 0 Å². The number of hydrogen-bond donors (Lipinski definition) is 2. The molecule has 0 bridgehead atoms. The van der Waals surface area contributed by atoms with Gasteiger partial charge in [0.25, 0.3) is 0 Å². The highest BCUT2D eigenvalue weighted by atomic mass is 16.5. The van der Waals surface area contributed by atoms with Gasteiger partial charge in [-0.1, -0.05) is 50.2 Å². The molecule has 1 heterocycles. The molecule has 0 aliphatic carbocycles. The van der Waals surface area contributed by atoms with Gasteiger partial charge in [0.15, 0.2) is 0 Å². The molecule has 0 saturated heterocycles. The molecule has 0 unspecified atom stereocenters. The Hall–Kier alpha value is -3.86. The summed E-state index contributed by atoms with van der Waals surface area (Å²) in [5.41, 5.74) is 5.55. The number of methoxy groups -OCH3 is 1. The minimum Gasteiger partial charge on any atom is -0.495 e. The highest BCUT2D eigenvalue weighted by Crippen LogP contribution is 2.30. The molecule has 5 heteroatoms. The number of nitrogens with one attached hydrogen (secondary N) is 2. The van der Waals surface area contributed by atoms with Crippen molar-refractivity contribution in [3.63, 3.8) is 0 Å². The molecule has 4 rings (SSSR count). The van der Waals surface area contributed by atoms with Gasteiger partial charge in [0.05, 0.1) is 23.8 Å². The van der Waals surface area contributed by atoms with Crippen molar-refractivity contribution in [1.29, 1.82) is 0 Å². The molecule has 156 valence electrons. The Labute approximate surface area is 181 Å². The molecular weight excluding hydrogens is 386 g/mol. The van der Waals surface area contributed by atoms with E-state index in [1.54, 1.807) is 13.2 Å². The first-order chi connectivity index (χ1) is 15.0. The Morgan fingerprint density at radius 2 is 1.84 bits per heavy atom. The van der Waals surface area contributed by atoms with Crippen molar-refractivity contribution in [2.24, 2.45) is 0 Å². The molecule has 0 aliphatic heterocycles.